The first-order chi connectivity index (χ1) is 16.9. The molecule has 0 saturated carbocycles. The first kappa shape index (κ1) is 25.0. The van der Waals surface area contributed by atoms with Crippen LogP contribution in [0.3, 0.4) is 0 Å². The third-order valence-electron chi connectivity index (χ3n) is 5.97. The number of nitrogens with zero attached hydrogens (tertiary/aromatic N) is 2. The number of oxazole rings is 1. The van der Waals surface area contributed by atoms with Gasteiger partial charge >= 0.3 is 0 Å². The first-order valence-electron chi connectivity index (χ1n) is 11.8. The van der Waals surface area contributed by atoms with Crippen molar-refractivity contribution in [1.82, 2.24) is 9.88 Å². The van der Waals surface area contributed by atoms with Crippen molar-refractivity contribution >= 4 is 33.8 Å². The highest BCUT2D eigenvalue weighted by Gasteiger charge is 2.23. The monoisotopic (exact) mass is 500 g/mol. The maximum absolute atomic E-state index is 12.3. The van der Waals surface area contributed by atoms with Gasteiger partial charge in [0, 0.05) is 31.9 Å². The van der Waals surface area contributed by atoms with E-state index < -0.39 is 16.7 Å². The summed E-state index contributed by atoms with van der Waals surface area (Å²) in [5, 5.41) is 3.36. The molecule has 1 aliphatic heterocycles. The van der Waals surface area contributed by atoms with Crippen molar-refractivity contribution in [2.24, 2.45) is 5.73 Å². The Morgan fingerprint density at radius 3 is 2.43 bits per heavy atom. The van der Waals surface area contributed by atoms with Crippen LogP contribution in [0, 0.1) is 0 Å². The standard InChI is InChI=1S/C25H32N4O5S/c1-4-32-20-13-16(14-21(33-5-2)23(20)35(3)31)15-29-11-9-17(10-12-29)27-25-28-22-18(24(26)30)7-6-8-19(22)34-25/h6-8,13-14,17H,4-5,9-12,15H2,1-3H3,(H2,26,30)(H,27,28). The quantitative estimate of drug-likeness (QED) is 0.434. The summed E-state index contributed by atoms with van der Waals surface area (Å²) < 4.78 is 29.7. The van der Waals surface area contributed by atoms with Crippen LogP contribution in [0.15, 0.2) is 39.6 Å². The number of primary amides is 1. The van der Waals surface area contributed by atoms with Gasteiger partial charge in [0.25, 0.3) is 11.9 Å². The van der Waals surface area contributed by atoms with Crippen LogP contribution in [0.2, 0.25) is 0 Å². The van der Waals surface area contributed by atoms with Crippen LogP contribution in [0.5, 0.6) is 11.5 Å². The Balaban J connectivity index is 1.41. The van der Waals surface area contributed by atoms with Gasteiger partial charge in [-0.25, -0.2) is 0 Å². The summed E-state index contributed by atoms with van der Waals surface area (Å²) in [4.78, 5) is 19.1. The predicted octanol–water partition coefficient (Wildman–Crippen LogP) is 3.54. The van der Waals surface area contributed by atoms with E-state index in [2.05, 4.69) is 15.2 Å². The van der Waals surface area contributed by atoms with E-state index in [1.807, 2.05) is 26.0 Å². The molecule has 0 bridgehead atoms. The van der Waals surface area contributed by atoms with E-state index in [1.54, 1.807) is 24.5 Å². The molecule has 10 heteroatoms. The molecular formula is C25H32N4O5S. The van der Waals surface area contributed by atoms with E-state index in [0.717, 1.165) is 38.0 Å². The average Bonchev–Trinajstić information content (AvgIpc) is 3.23. The second kappa shape index (κ2) is 11.1. The fourth-order valence-corrected chi connectivity index (χ4v) is 5.21. The lowest BCUT2D eigenvalue weighted by Crippen LogP contribution is -2.38. The Labute approximate surface area is 207 Å². The molecule has 1 aliphatic rings. The number of hydrogen-bond donors (Lipinski definition) is 2. The van der Waals surface area contributed by atoms with Gasteiger partial charge in [-0.1, -0.05) is 6.07 Å². The Kier molecular flexibility index (Phi) is 7.92. The Morgan fingerprint density at radius 1 is 1.20 bits per heavy atom. The summed E-state index contributed by atoms with van der Waals surface area (Å²) in [5.41, 5.74) is 7.88. The highest BCUT2D eigenvalue weighted by Crippen LogP contribution is 2.34. The molecule has 3 N–H and O–H groups in total. The van der Waals surface area contributed by atoms with Gasteiger partial charge in [-0.05, 0) is 56.5 Å². The molecule has 188 valence electrons. The van der Waals surface area contributed by atoms with Gasteiger partial charge in [0.05, 0.1) is 29.6 Å². The molecule has 3 aromatic rings. The number of likely N-dealkylation sites (tertiary alicyclic amines) is 1. The number of hydrogen-bond acceptors (Lipinski definition) is 8. The summed E-state index contributed by atoms with van der Waals surface area (Å²) in [6.45, 7) is 7.34. The van der Waals surface area contributed by atoms with Crippen LogP contribution in [-0.2, 0) is 17.3 Å². The molecule has 0 spiro atoms. The minimum atomic E-state index is -1.22. The summed E-state index contributed by atoms with van der Waals surface area (Å²) in [7, 11) is -1.22. The van der Waals surface area contributed by atoms with Gasteiger partial charge in [-0.15, -0.1) is 0 Å². The topological polar surface area (TPSA) is 120 Å². The largest absolute Gasteiger partial charge is 0.492 e. The number of fused-ring (bicyclic) bond motifs is 1. The van der Waals surface area contributed by atoms with Crippen molar-refractivity contribution in [1.29, 1.82) is 0 Å². The van der Waals surface area contributed by atoms with Crippen molar-refractivity contribution in [2.45, 2.75) is 44.2 Å². The highest BCUT2D eigenvalue weighted by atomic mass is 32.2. The number of benzene rings is 2. The van der Waals surface area contributed by atoms with Crippen LogP contribution >= 0.6 is 0 Å². The second-order valence-electron chi connectivity index (χ2n) is 8.47. The van der Waals surface area contributed by atoms with Crippen molar-refractivity contribution in [3.05, 3.63) is 41.5 Å². The molecule has 2 aromatic carbocycles. The maximum Gasteiger partial charge on any atom is 0.295 e. The number of amides is 1. The van der Waals surface area contributed by atoms with Gasteiger partial charge in [-0.2, -0.15) is 4.98 Å². The summed E-state index contributed by atoms with van der Waals surface area (Å²) >= 11 is 0. The highest BCUT2D eigenvalue weighted by molar-refractivity contribution is 7.84. The third kappa shape index (κ3) is 5.76. The Bertz CT molecular complexity index is 1190. The van der Waals surface area contributed by atoms with Gasteiger partial charge in [-0.3, -0.25) is 13.9 Å². The molecule has 1 atom stereocenters. The summed E-state index contributed by atoms with van der Waals surface area (Å²) in [5.74, 6) is 0.719. The fourth-order valence-electron chi connectivity index (χ4n) is 4.41. The molecule has 1 aromatic heterocycles. The normalized spacial score (nSPS) is 15.7. The number of nitrogens with two attached hydrogens (primary N) is 1. The van der Waals surface area contributed by atoms with E-state index >= 15 is 0 Å². The van der Waals surface area contributed by atoms with Crippen LogP contribution < -0.4 is 20.5 Å². The van der Waals surface area contributed by atoms with Crippen molar-refractivity contribution in [3.8, 4) is 11.5 Å². The zero-order valence-corrected chi connectivity index (χ0v) is 21.2. The van der Waals surface area contributed by atoms with Crippen molar-refractivity contribution in [3.63, 3.8) is 0 Å². The fraction of sp³-hybridized carbons (Fsp3) is 0.440. The predicted molar refractivity (Wildman–Crippen MR) is 136 cm³/mol. The molecule has 0 aliphatic carbocycles. The van der Waals surface area contributed by atoms with Gasteiger partial charge in [0.2, 0.25) is 0 Å². The molecular weight excluding hydrogens is 468 g/mol. The van der Waals surface area contributed by atoms with E-state index in [-0.39, 0.29) is 6.04 Å². The van der Waals surface area contributed by atoms with Gasteiger partial charge in [0.1, 0.15) is 21.9 Å². The SMILES string of the molecule is CCOc1cc(CN2CCC(Nc3nc4c(C(N)=O)cccc4o3)CC2)cc(OCC)c1S(C)=O. The van der Waals surface area contributed by atoms with E-state index in [1.165, 1.54) is 0 Å². The molecule has 9 nitrogen and oxygen atoms in total. The van der Waals surface area contributed by atoms with Crippen molar-refractivity contribution in [2.75, 3.05) is 37.9 Å². The molecule has 2 heterocycles. The first-order valence-corrected chi connectivity index (χ1v) is 13.4. The van der Waals surface area contributed by atoms with Crippen LogP contribution in [0.25, 0.3) is 11.1 Å². The summed E-state index contributed by atoms with van der Waals surface area (Å²) in [6, 6.07) is 9.71. The number of carbonyl (C=O) groups is 1. The Morgan fingerprint density at radius 2 is 1.86 bits per heavy atom. The Hall–Kier alpha value is -3.11. The minimum Gasteiger partial charge on any atom is -0.492 e. The van der Waals surface area contributed by atoms with Gasteiger partial charge in [0.15, 0.2) is 5.58 Å². The van der Waals surface area contributed by atoms with E-state index in [0.29, 0.717) is 52.3 Å². The maximum atomic E-state index is 12.3. The number of piperidine rings is 1. The molecule has 1 amide bonds. The third-order valence-corrected chi connectivity index (χ3v) is 6.95. The lowest BCUT2D eigenvalue weighted by atomic mass is 10.0. The van der Waals surface area contributed by atoms with E-state index in [9.17, 15) is 9.00 Å². The van der Waals surface area contributed by atoms with Crippen LogP contribution in [0.4, 0.5) is 6.01 Å². The zero-order valence-electron chi connectivity index (χ0n) is 20.3. The smallest absolute Gasteiger partial charge is 0.295 e. The molecule has 4 rings (SSSR count). The molecule has 1 fully saturated rings. The molecule has 1 saturated heterocycles. The van der Waals surface area contributed by atoms with E-state index in [4.69, 9.17) is 19.6 Å². The molecule has 1 unspecified atom stereocenters. The van der Waals surface area contributed by atoms with Crippen LogP contribution in [0.1, 0.15) is 42.6 Å². The number of nitrogens with one attached hydrogen (secondary N) is 1. The number of ether oxygens (including phenoxy) is 2. The number of para-hydroxylation sites is 1. The summed E-state index contributed by atoms with van der Waals surface area (Å²) in [6.07, 6.45) is 3.47. The molecule has 35 heavy (non-hydrogen) atoms. The average molecular weight is 501 g/mol. The van der Waals surface area contributed by atoms with Gasteiger partial charge < -0.3 is 24.9 Å². The molecule has 0 radical (unpaired) electrons. The number of aromatic nitrogens is 1. The number of rotatable bonds is 10. The lowest BCUT2D eigenvalue weighted by Gasteiger charge is -2.32. The minimum absolute atomic E-state index is 0.208. The van der Waals surface area contributed by atoms with Crippen LogP contribution in [-0.4, -0.2) is 58.6 Å². The lowest BCUT2D eigenvalue weighted by molar-refractivity contribution is 0.100. The zero-order chi connectivity index (χ0) is 24.9. The second-order valence-corrected chi connectivity index (χ2v) is 9.79. The number of anilines is 1. The number of carbonyl (C=O) groups excluding carboxylic acids is 1. The van der Waals surface area contributed by atoms with Crippen molar-refractivity contribution < 1.29 is 22.9 Å².